The highest BCUT2D eigenvalue weighted by molar-refractivity contribution is 9.10. The Hall–Kier alpha value is -2.67. The van der Waals surface area contributed by atoms with Crippen LogP contribution < -0.4 is 0 Å². The molecule has 0 N–H and O–H groups in total. The van der Waals surface area contributed by atoms with Gasteiger partial charge in [0.25, 0.3) is 0 Å². The van der Waals surface area contributed by atoms with Gasteiger partial charge in [0.15, 0.2) is 0 Å². The molecule has 2 aromatic carbocycles. The SMILES string of the molecule is COC(=O)c1cc(Br)c2cnn(C(=O)OCc3ccccc3)c2c1. The molecule has 7 heteroatoms. The van der Waals surface area contributed by atoms with Crippen molar-refractivity contribution in [1.29, 1.82) is 0 Å². The van der Waals surface area contributed by atoms with Gasteiger partial charge in [0.2, 0.25) is 0 Å². The van der Waals surface area contributed by atoms with Crippen molar-refractivity contribution in [3.05, 3.63) is 64.3 Å². The van der Waals surface area contributed by atoms with E-state index in [0.29, 0.717) is 20.9 Å². The van der Waals surface area contributed by atoms with Gasteiger partial charge in [-0.1, -0.05) is 46.3 Å². The van der Waals surface area contributed by atoms with Crippen molar-refractivity contribution in [2.75, 3.05) is 7.11 Å². The van der Waals surface area contributed by atoms with Gasteiger partial charge in [0.05, 0.1) is 24.4 Å². The van der Waals surface area contributed by atoms with Gasteiger partial charge in [0.1, 0.15) is 6.61 Å². The Morgan fingerprint density at radius 2 is 1.96 bits per heavy atom. The molecule has 0 saturated carbocycles. The summed E-state index contributed by atoms with van der Waals surface area (Å²) in [5, 5.41) is 4.75. The zero-order valence-corrected chi connectivity index (χ0v) is 14.3. The first kappa shape index (κ1) is 16.2. The Bertz CT molecular complexity index is 906. The van der Waals surface area contributed by atoms with E-state index < -0.39 is 12.1 Å². The maximum absolute atomic E-state index is 12.3. The van der Waals surface area contributed by atoms with Crippen LogP contribution >= 0.6 is 15.9 Å². The van der Waals surface area contributed by atoms with Gasteiger partial charge in [-0.05, 0) is 17.7 Å². The molecule has 0 fully saturated rings. The predicted molar refractivity (Wildman–Crippen MR) is 90.8 cm³/mol. The number of hydrogen-bond acceptors (Lipinski definition) is 5. The molecule has 3 aromatic rings. The number of nitrogens with zero attached hydrogens (tertiary/aromatic N) is 2. The molecule has 0 amide bonds. The second kappa shape index (κ2) is 6.84. The van der Waals surface area contributed by atoms with E-state index in [1.54, 1.807) is 12.1 Å². The van der Waals surface area contributed by atoms with Gasteiger partial charge < -0.3 is 9.47 Å². The van der Waals surface area contributed by atoms with E-state index in [4.69, 9.17) is 9.47 Å². The molecule has 0 aliphatic rings. The van der Waals surface area contributed by atoms with Crippen molar-refractivity contribution in [3.63, 3.8) is 0 Å². The fourth-order valence-electron chi connectivity index (χ4n) is 2.25. The Labute approximate surface area is 146 Å². The third-order valence-corrected chi connectivity index (χ3v) is 4.09. The van der Waals surface area contributed by atoms with Gasteiger partial charge in [-0.3, -0.25) is 0 Å². The van der Waals surface area contributed by atoms with E-state index in [2.05, 4.69) is 21.0 Å². The largest absolute Gasteiger partial charge is 0.465 e. The quantitative estimate of drug-likeness (QED) is 0.638. The van der Waals surface area contributed by atoms with Crippen LogP contribution in [-0.2, 0) is 16.1 Å². The standard InChI is InChI=1S/C17H13BrN2O4/c1-23-16(21)12-7-14(18)13-9-19-20(15(13)8-12)17(22)24-10-11-5-3-2-4-6-11/h2-9H,10H2,1H3. The van der Waals surface area contributed by atoms with Crippen LogP contribution in [0.4, 0.5) is 4.79 Å². The predicted octanol–water partition coefficient (Wildman–Crippen LogP) is 3.77. The van der Waals surface area contributed by atoms with E-state index in [0.717, 1.165) is 10.2 Å². The molecule has 0 aliphatic carbocycles. The minimum atomic E-state index is -0.622. The van der Waals surface area contributed by atoms with Crippen LogP contribution in [0.3, 0.4) is 0 Å². The second-order valence-electron chi connectivity index (χ2n) is 4.98. The first-order valence-corrected chi connectivity index (χ1v) is 7.86. The van der Waals surface area contributed by atoms with Gasteiger partial charge >= 0.3 is 12.1 Å². The highest BCUT2D eigenvalue weighted by atomic mass is 79.9. The summed E-state index contributed by atoms with van der Waals surface area (Å²) in [5.74, 6) is -0.497. The molecule has 0 radical (unpaired) electrons. The van der Waals surface area contributed by atoms with Crippen LogP contribution in [0.2, 0.25) is 0 Å². The van der Waals surface area contributed by atoms with Crippen LogP contribution in [0.5, 0.6) is 0 Å². The Morgan fingerprint density at radius 1 is 1.21 bits per heavy atom. The van der Waals surface area contributed by atoms with Crippen molar-refractivity contribution >= 4 is 38.9 Å². The molecule has 0 bridgehead atoms. The summed E-state index contributed by atoms with van der Waals surface area (Å²) in [5.41, 5.74) is 1.65. The molecule has 6 nitrogen and oxygen atoms in total. The molecule has 0 atom stereocenters. The lowest BCUT2D eigenvalue weighted by Gasteiger charge is -2.06. The van der Waals surface area contributed by atoms with Gasteiger partial charge in [0, 0.05) is 9.86 Å². The number of aromatic nitrogens is 2. The van der Waals surface area contributed by atoms with E-state index in [9.17, 15) is 9.59 Å². The Kier molecular flexibility index (Phi) is 4.61. The fraction of sp³-hybridized carbons (Fsp3) is 0.118. The highest BCUT2D eigenvalue weighted by Gasteiger charge is 2.17. The topological polar surface area (TPSA) is 70.4 Å². The summed E-state index contributed by atoms with van der Waals surface area (Å²) in [6.45, 7) is 0.138. The fourth-order valence-corrected chi connectivity index (χ4v) is 2.80. The van der Waals surface area contributed by atoms with Gasteiger partial charge in [-0.2, -0.15) is 9.78 Å². The first-order valence-electron chi connectivity index (χ1n) is 7.07. The maximum atomic E-state index is 12.3. The zero-order chi connectivity index (χ0) is 17.1. The van der Waals surface area contributed by atoms with E-state index in [1.807, 2.05) is 30.3 Å². The summed E-state index contributed by atoms with van der Waals surface area (Å²) in [4.78, 5) is 24.0. The van der Waals surface area contributed by atoms with Crippen LogP contribution in [0, 0.1) is 0 Å². The lowest BCUT2D eigenvalue weighted by Crippen LogP contribution is -2.15. The van der Waals surface area contributed by atoms with Crippen molar-refractivity contribution in [3.8, 4) is 0 Å². The lowest BCUT2D eigenvalue weighted by molar-refractivity contribution is 0.0600. The summed E-state index contributed by atoms with van der Waals surface area (Å²) >= 11 is 3.37. The minimum Gasteiger partial charge on any atom is -0.465 e. The molecular weight excluding hydrogens is 376 g/mol. The van der Waals surface area contributed by atoms with Gasteiger partial charge in [-0.25, -0.2) is 9.59 Å². The number of fused-ring (bicyclic) bond motifs is 1. The highest BCUT2D eigenvalue weighted by Crippen LogP contribution is 2.26. The molecule has 0 unspecified atom stereocenters. The second-order valence-corrected chi connectivity index (χ2v) is 5.83. The monoisotopic (exact) mass is 388 g/mol. The molecule has 1 aromatic heterocycles. The molecule has 3 rings (SSSR count). The summed E-state index contributed by atoms with van der Waals surface area (Å²) in [6.07, 6.45) is 0.910. The lowest BCUT2D eigenvalue weighted by atomic mass is 10.1. The van der Waals surface area contributed by atoms with E-state index >= 15 is 0 Å². The van der Waals surface area contributed by atoms with E-state index in [-0.39, 0.29) is 6.61 Å². The first-order chi connectivity index (χ1) is 11.6. The number of halogens is 1. The average molecular weight is 389 g/mol. The summed E-state index contributed by atoms with van der Waals surface area (Å²) in [6, 6.07) is 12.5. The molecular formula is C17H13BrN2O4. The molecule has 24 heavy (non-hydrogen) atoms. The molecule has 122 valence electrons. The Morgan fingerprint density at radius 3 is 2.67 bits per heavy atom. The van der Waals surface area contributed by atoms with Crippen molar-refractivity contribution in [2.45, 2.75) is 6.61 Å². The summed E-state index contributed by atoms with van der Waals surface area (Å²) in [7, 11) is 1.30. The molecule has 0 spiro atoms. The normalized spacial score (nSPS) is 10.6. The number of carbonyl (C=O) groups excluding carboxylic acids is 2. The smallest absolute Gasteiger partial charge is 0.435 e. The minimum absolute atomic E-state index is 0.138. The summed E-state index contributed by atoms with van der Waals surface area (Å²) < 4.78 is 11.8. The average Bonchev–Trinajstić information content (AvgIpc) is 3.04. The van der Waals surface area contributed by atoms with Crippen molar-refractivity contribution in [1.82, 2.24) is 9.78 Å². The number of esters is 1. The van der Waals surface area contributed by atoms with Crippen LogP contribution in [-0.4, -0.2) is 29.0 Å². The third-order valence-electron chi connectivity index (χ3n) is 3.44. The van der Waals surface area contributed by atoms with E-state index in [1.165, 1.54) is 13.3 Å². The third kappa shape index (κ3) is 3.16. The molecule has 1 heterocycles. The maximum Gasteiger partial charge on any atom is 0.435 e. The number of carbonyl (C=O) groups is 2. The van der Waals surface area contributed by atoms with Crippen LogP contribution in [0.15, 0.2) is 53.1 Å². The number of hydrogen-bond donors (Lipinski definition) is 0. The van der Waals surface area contributed by atoms with Gasteiger partial charge in [-0.15, -0.1) is 0 Å². The number of benzene rings is 2. The zero-order valence-electron chi connectivity index (χ0n) is 12.7. The molecule has 0 saturated heterocycles. The number of methoxy groups -OCH3 is 1. The van der Waals surface area contributed by atoms with Crippen LogP contribution in [0.25, 0.3) is 10.9 Å². The van der Waals surface area contributed by atoms with Crippen LogP contribution in [0.1, 0.15) is 15.9 Å². The number of rotatable bonds is 3. The van der Waals surface area contributed by atoms with Crippen molar-refractivity contribution < 1.29 is 19.1 Å². The van der Waals surface area contributed by atoms with Crippen molar-refractivity contribution in [2.24, 2.45) is 0 Å². The number of ether oxygens (including phenoxy) is 2. The molecule has 0 aliphatic heterocycles. The Balaban J connectivity index is 1.90.